The number of halogens is 3. The van der Waals surface area contributed by atoms with E-state index in [0.29, 0.717) is 14.4 Å². The van der Waals surface area contributed by atoms with E-state index < -0.39 is 41.7 Å². The molecule has 1 N–H and O–H groups in total. The minimum Gasteiger partial charge on any atom is -0.302 e. The van der Waals surface area contributed by atoms with E-state index in [9.17, 15) is 23.6 Å². The van der Waals surface area contributed by atoms with Gasteiger partial charge in [0.15, 0.2) is 12.0 Å². The molecule has 1 atom stereocenters. The highest BCUT2D eigenvalue weighted by Crippen LogP contribution is 2.36. The third-order valence-corrected chi connectivity index (χ3v) is 5.39. The van der Waals surface area contributed by atoms with Crippen LogP contribution in [0.15, 0.2) is 28.1 Å². The number of rotatable bonds is 2. The Hall–Kier alpha value is -2.28. The van der Waals surface area contributed by atoms with Gasteiger partial charge in [0.05, 0.1) is 10.4 Å². The van der Waals surface area contributed by atoms with Gasteiger partial charge >= 0.3 is 0 Å². The van der Waals surface area contributed by atoms with Crippen molar-refractivity contribution in [3.05, 3.63) is 55.7 Å². The van der Waals surface area contributed by atoms with Crippen LogP contribution in [-0.2, 0) is 4.79 Å². The zero-order valence-electron chi connectivity index (χ0n) is 12.4. The van der Waals surface area contributed by atoms with Gasteiger partial charge in [-0.05, 0) is 34.1 Å². The molecule has 2 aromatic rings. The molecule has 0 radical (unpaired) electrons. The van der Waals surface area contributed by atoms with Crippen LogP contribution in [0.1, 0.15) is 27.0 Å². The van der Waals surface area contributed by atoms with Crippen LogP contribution in [-0.4, -0.2) is 33.5 Å². The molecule has 1 aromatic carbocycles. The number of hydroxylamine groups is 2. The molecule has 1 fully saturated rings. The molecule has 0 spiro atoms. The van der Waals surface area contributed by atoms with E-state index in [2.05, 4.69) is 15.9 Å². The Bertz CT molecular complexity index is 925. The summed E-state index contributed by atoms with van der Waals surface area (Å²) < 4.78 is 29.1. The second-order valence-electron chi connectivity index (χ2n) is 5.14. The molecule has 1 unspecified atom stereocenters. The van der Waals surface area contributed by atoms with Crippen molar-refractivity contribution in [2.75, 3.05) is 6.54 Å². The van der Waals surface area contributed by atoms with Crippen molar-refractivity contribution < 1.29 is 23.6 Å². The lowest BCUT2D eigenvalue weighted by Crippen LogP contribution is -2.35. The Morgan fingerprint density at radius 2 is 2.16 bits per heavy atom. The Labute approximate surface area is 153 Å². The molecule has 25 heavy (non-hydrogen) atoms. The van der Waals surface area contributed by atoms with Gasteiger partial charge in [-0.2, -0.15) is 5.06 Å². The molecule has 1 aromatic heterocycles. The zero-order valence-corrected chi connectivity index (χ0v) is 14.8. The quantitative estimate of drug-likeness (QED) is 0.592. The van der Waals surface area contributed by atoms with Crippen LogP contribution in [0, 0.1) is 24.0 Å². The first-order valence-electron chi connectivity index (χ1n) is 6.85. The van der Waals surface area contributed by atoms with E-state index >= 15 is 0 Å². The Balaban J connectivity index is 2.07. The van der Waals surface area contributed by atoms with Crippen LogP contribution >= 0.6 is 27.3 Å². The maximum atomic E-state index is 14.4. The van der Waals surface area contributed by atoms with Crippen LogP contribution in [0.3, 0.4) is 0 Å². The summed E-state index contributed by atoms with van der Waals surface area (Å²) in [6, 6.07) is 3.53. The van der Waals surface area contributed by atoms with E-state index in [1.165, 1.54) is 11.3 Å². The first kappa shape index (κ1) is 17.5. The van der Waals surface area contributed by atoms with Crippen molar-refractivity contribution in [1.29, 1.82) is 0 Å². The predicted molar refractivity (Wildman–Crippen MR) is 88.7 cm³/mol. The van der Waals surface area contributed by atoms with Crippen molar-refractivity contribution >= 4 is 39.1 Å². The highest BCUT2D eigenvalue weighted by atomic mass is 79.9. The van der Waals surface area contributed by atoms with E-state index in [-0.39, 0.29) is 5.56 Å². The molecule has 3 rings (SSSR count). The van der Waals surface area contributed by atoms with Crippen molar-refractivity contribution in [1.82, 2.24) is 9.96 Å². The van der Waals surface area contributed by atoms with Crippen LogP contribution < -0.4 is 0 Å². The normalized spacial score (nSPS) is 17.1. The first-order chi connectivity index (χ1) is 11.8. The molecule has 0 saturated carbocycles. The summed E-state index contributed by atoms with van der Waals surface area (Å²) in [5.74, 6) is -2.09. The zero-order chi connectivity index (χ0) is 18.3. The maximum Gasteiger partial charge on any atom is 0.268 e. The number of hydrogen-bond donors (Lipinski definition) is 1. The van der Waals surface area contributed by atoms with Gasteiger partial charge in [-0.25, -0.2) is 8.78 Å². The minimum absolute atomic E-state index is 0.272. The number of benzene rings is 1. The van der Waals surface area contributed by atoms with Gasteiger partial charge in [0.1, 0.15) is 17.9 Å². The molecular formula is C16H9BrF2N2O3S. The molecule has 128 valence electrons. The Morgan fingerprint density at radius 1 is 1.44 bits per heavy atom. The Morgan fingerprint density at radius 3 is 2.76 bits per heavy atom. The molecule has 1 saturated heterocycles. The second-order valence-corrected chi connectivity index (χ2v) is 7.00. The molecule has 9 heteroatoms. The van der Waals surface area contributed by atoms with Gasteiger partial charge in [0, 0.05) is 9.85 Å². The fraction of sp³-hybridized carbons (Fsp3) is 0.125. The largest absolute Gasteiger partial charge is 0.302 e. The molecule has 0 bridgehead atoms. The summed E-state index contributed by atoms with van der Waals surface area (Å²) in [7, 11) is 0. The van der Waals surface area contributed by atoms with E-state index in [1.54, 1.807) is 11.4 Å². The molecule has 1 aliphatic rings. The standard InChI is InChI=1S/C16H9BrF2N2O3S/c1-2-8-3-4-10(18)13(14(8)19)16(23)20-6-12(22)21(24)15(20)11-5-9(17)7-25-11/h1,3-5,7,15,24H,6H2. The maximum absolute atomic E-state index is 14.4. The number of thiophene rings is 1. The summed E-state index contributed by atoms with van der Waals surface area (Å²) >= 11 is 4.41. The summed E-state index contributed by atoms with van der Waals surface area (Å²) in [4.78, 5) is 25.9. The lowest BCUT2D eigenvalue weighted by atomic mass is 10.1. The highest BCUT2D eigenvalue weighted by Gasteiger charge is 2.43. The SMILES string of the molecule is C#Cc1ccc(F)c(C(=O)N2CC(=O)N(O)C2c2cc(Br)cs2)c1F. The number of nitrogens with zero attached hydrogens (tertiary/aromatic N) is 2. The molecule has 2 heterocycles. The van der Waals surface area contributed by atoms with Crippen molar-refractivity contribution in [3.8, 4) is 12.3 Å². The molecule has 2 amide bonds. The Kier molecular flexibility index (Phi) is 4.60. The molecule has 1 aliphatic heterocycles. The fourth-order valence-corrected chi connectivity index (χ4v) is 4.04. The van der Waals surface area contributed by atoms with Gasteiger partial charge in [0.2, 0.25) is 0 Å². The summed E-state index contributed by atoms with van der Waals surface area (Å²) in [5, 5.41) is 12.0. The smallest absolute Gasteiger partial charge is 0.268 e. The third-order valence-electron chi connectivity index (χ3n) is 3.65. The van der Waals surface area contributed by atoms with E-state index in [1.807, 2.05) is 5.92 Å². The average molecular weight is 427 g/mol. The lowest BCUT2D eigenvalue weighted by Gasteiger charge is -2.25. The molecular weight excluding hydrogens is 418 g/mol. The van der Waals surface area contributed by atoms with Gasteiger partial charge < -0.3 is 4.90 Å². The van der Waals surface area contributed by atoms with Gasteiger partial charge in [-0.15, -0.1) is 17.8 Å². The van der Waals surface area contributed by atoms with Crippen LogP contribution in [0.5, 0.6) is 0 Å². The summed E-state index contributed by atoms with van der Waals surface area (Å²) in [6.07, 6.45) is 3.97. The number of amides is 2. The second kappa shape index (κ2) is 6.55. The summed E-state index contributed by atoms with van der Waals surface area (Å²) in [6.45, 7) is -0.519. The van der Waals surface area contributed by atoms with Gasteiger partial charge in [0.25, 0.3) is 11.8 Å². The third kappa shape index (κ3) is 2.93. The minimum atomic E-state index is -1.18. The first-order valence-corrected chi connectivity index (χ1v) is 8.53. The van der Waals surface area contributed by atoms with Gasteiger partial charge in [-0.3, -0.25) is 14.8 Å². The fourth-order valence-electron chi connectivity index (χ4n) is 2.50. The van der Waals surface area contributed by atoms with E-state index in [4.69, 9.17) is 6.42 Å². The highest BCUT2D eigenvalue weighted by molar-refractivity contribution is 9.10. The number of hydrogen-bond acceptors (Lipinski definition) is 4. The van der Waals surface area contributed by atoms with Crippen LogP contribution in [0.25, 0.3) is 0 Å². The predicted octanol–water partition coefficient (Wildman–Crippen LogP) is 3.14. The van der Waals surface area contributed by atoms with Crippen molar-refractivity contribution in [2.45, 2.75) is 6.17 Å². The van der Waals surface area contributed by atoms with Gasteiger partial charge in [-0.1, -0.05) is 5.92 Å². The van der Waals surface area contributed by atoms with Crippen LogP contribution in [0.2, 0.25) is 0 Å². The average Bonchev–Trinajstić information content (AvgIpc) is 3.11. The van der Waals surface area contributed by atoms with Crippen molar-refractivity contribution in [3.63, 3.8) is 0 Å². The van der Waals surface area contributed by atoms with Crippen molar-refractivity contribution in [2.24, 2.45) is 0 Å². The number of carbonyl (C=O) groups excluding carboxylic acids is 2. The van der Waals surface area contributed by atoms with E-state index in [0.717, 1.165) is 17.0 Å². The number of terminal acetylenes is 1. The lowest BCUT2D eigenvalue weighted by molar-refractivity contribution is -0.168. The van der Waals surface area contributed by atoms with Crippen LogP contribution in [0.4, 0.5) is 8.78 Å². The number of carbonyl (C=O) groups is 2. The topological polar surface area (TPSA) is 60.9 Å². The molecule has 5 nitrogen and oxygen atoms in total. The molecule has 0 aliphatic carbocycles. The monoisotopic (exact) mass is 426 g/mol. The summed E-state index contributed by atoms with van der Waals surface area (Å²) in [5.41, 5.74) is -1.13.